The summed E-state index contributed by atoms with van der Waals surface area (Å²) in [5, 5.41) is 1.38. The summed E-state index contributed by atoms with van der Waals surface area (Å²) < 4.78 is 2.82. The second kappa shape index (κ2) is 16.9. The van der Waals surface area contributed by atoms with Crippen molar-refractivity contribution in [2.45, 2.75) is 155 Å². The van der Waals surface area contributed by atoms with Gasteiger partial charge in [0.15, 0.2) is 0 Å². The Morgan fingerprint density at radius 2 is 1.04 bits per heavy atom. The van der Waals surface area contributed by atoms with Crippen LogP contribution in [0.2, 0.25) is 0 Å². The number of fused-ring (bicyclic) bond motifs is 11. The average molecular weight is 1050 g/mol. The summed E-state index contributed by atoms with van der Waals surface area (Å²) in [6, 6.07) is 62.0. The molecule has 0 saturated carbocycles. The third-order valence-electron chi connectivity index (χ3n) is 19.9. The molecule has 3 nitrogen and oxygen atoms in total. The van der Waals surface area contributed by atoms with Gasteiger partial charge in [0.1, 0.15) is 0 Å². The number of benzene rings is 8. The number of anilines is 9. The molecule has 0 radical (unpaired) electrons. The molecule has 396 valence electrons. The van der Waals surface area contributed by atoms with Crippen molar-refractivity contribution in [1.29, 1.82) is 0 Å². The van der Waals surface area contributed by atoms with Crippen LogP contribution in [0, 0.1) is 6.92 Å². The Hall–Kier alpha value is -6.82. The Labute approximate surface area is 475 Å². The van der Waals surface area contributed by atoms with Crippen molar-refractivity contribution in [3.05, 3.63) is 202 Å². The zero-order valence-electron chi connectivity index (χ0n) is 49.2. The number of aryl methyl sites for hydroxylation is 1. The fourth-order valence-corrected chi connectivity index (χ4v) is 16.4. The van der Waals surface area contributed by atoms with Gasteiger partial charge in [0.25, 0.3) is 6.71 Å². The molecule has 0 spiro atoms. The molecule has 0 bridgehead atoms. The third-order valence-corrected chi connectivity index (χ3v) is 21.2. The molecular formula is C74H76BN3S. The van der Waals surface area contributed by atoms with Crippen molar-refractivity contribution in [2.24, 2.45) is 0 Å². The highest BCUT2D eigenvalue weighted by molar-refractivity contribution is 7.33. The fraction of sp³-hybridized carbons (Fsp3) is 0.324. The molecule has 0 unspecified atom stereocenters. The van der Waals surface area contributed by atoms with Crippen LogP contribution in [0.3, 0.4) is 0 Å². The van der Waals surface area contributed by atoms with Crippen molar-refractivity contribution >= 4 is 95.0 Å². The van der Waals surface area contributed by atoms with Crippen LogP contribution in [0.15, 0.2) is 158 Å². The van der Waals surface area contributed by atoms with Gasteiger partial charge in [-0.1, -0.05) is 163 Å². The first kappa shape index (κ1) is 50.4. The van der Waals surface area contributed by atoms with Crippen molar-refractivity contribution < 1.29 is 0 Å². The first-order valence-electron chi connectivity index (χ1n) is 29.3. The largest absolute Gasteiger partial charge is 0.311 e. The molecule has 3 aliphatic carbocycles. The van der Waals surface area contributed by atoms with E-state index in [1.165, 1.54) is 141 Å². The van der Waals surface area contributed by atoms with Crippen LogP contribution < -0.4 is 30.4 Å². The number of rotatable bonds is 5. The van der Waals surface area contributed by atoms with E-state index in [0.717, 1.165) is 17.1 Å². The van der Waals surface area contributed by atoms with Crippen LogP contribution >= 0.6 is 11.3 Å². The maximum absolute atomic E-state index is 2.73. The number of para-hydroxylation sites is 1. The molecule has 0 saturated heterocycles. The zero-order valence-corrected chi connectivity index (χ0v) is 50.0. The quantitative estimate of drug-likeness (QED) is 0.159. The lowest BCUT2D eigenvalue weighted by molar-refractivity contribution is 0.332. The van der Waals surface area contributed by atoms with Crippen LogP contribution in [0.1, 0.15) is 160 Å². The average Bonchev–Trinajstić information content (AvgIpc) is 2.95. The van der Waals surface area contributed by atoms with E-state index in [1.54, 1.807) is 0 Å². The predicted octanol–water partition coefficient (Wildman–Crippen LogP) is 19.1. The van der Waals surface area contributed by atoms with E-state index in [-0.39, 0.29) is 39.2 Å². The molecular weight excluding hydrogens is 974 g/mol. The minimum Gasteiger partial charge on any atom is -0.311 e. The van der Waals surface area contributed by atoms with Crippen LogP contribution in [-0.2, 0) is 32.5 Å². The Morgan fingerprint density at radius 3 is 1.72 bits per heavy atom. The third kappa shape index (κ3) is 7.50. The van der Waals surface area contributed by atoms with E-state index in [1.807, 2.05) is 11.3 Å². The lowest BCUT2D eigenvalue weighted by atomic mass is 9.36. The molecule has 14 rings (SSSR count). The maximum Gasteiger partial charge on any atom is 0.264 e. The molecule has 0 atom stereocenters. The highest BCUT2D eigenvalue weighted by Gasteiger charge is 2.48. The van der Waals surface area contributed by atoms with Gasteiger partial charge in [-0.05, 0) is 211 Å². The van der Waals surface area contributed by atoms with Crippen LogP contribution in [0.25, 0.3) is 21.2 Å². The van der Waals surface area contributed by atoms with Crippen molar-refractivity contribution in [1.82, 2.24) is 0 Å². The molecule has 79 heavy (non-hydrogen) atoms. The van der Waals surface area contributed by atoms with Gasteiger partial charge < -0.3 is 14.7 Å². The fourth-order valence-electron chi connectivity index (χ4n) is 15.0. The predicted molar refractivity (Wildman–Crippen MR) is 342 cm³/mol. The SMILES string of the molecule is Cc1cc2c3c(c1)N(c1ccc4c(c1)C(C)(C)CCC4(C)C)c1c(sc4cc5c(cc14)C(C)(C)CCC5(C)C)B3c1ccc(N(c3ccccc3)c3ccc4c(c3)C(C)(C)c3ccccc3-4)cc1N2c1ccc(C(C)(C)C)cc1. The van der Waals surface area contributed by atoms with Gasteiger partial charge in [-0.15, -0.1) is 11.3 Å². The van der Waals surface area contributed by atoms with Gasteiger partial charge in [-0.2, -0.15) is 0 Å². The second-order valence-corrected chi connectivity index (χ2v) is 29.5. The van der Waals surface area contributed by atoms with Crippen molar-refractivity contribution in [3.8, 4) is 11.1 Å². The first-order chi connectivity index (χ1) is 37.4. The van der Waals surface area contributed by atoms with Gasteiger partial charge in [-0.3, -0.25) is 0 Å². The summed E-state index contributed by atoms with van der Waals surface area (Å²) in [5.41, 5.74) is 27.9. The molecule has 0 fully saturated rings. The van der Waals surface area contributed by atoms with Gasteiger partial charge in [0.2, 0.25) is 0 Å². The molecule has 2 aliphatic heterocycles. The molecule has 3 heterocycles. The standard InChI is InChI=1S/C74H76BN3S/c1-45-38-63-66-64(39-45)78(50-29-32-56-58(41-50)71(7,8)35-34-70(56,5)6)67-54-43-59-60(73(11,12)37-36-72(59,9)10)44-65(54)79-68(67)75(66)61-33-30-51(42-62(61)77(63)48-26-24-46(25-27-48)69(2,3)4)76(47-20-16-15-17-21-47)49-28-31-53-52-22-18-19-23-55(52)74(13,14)57(53)40-49/h15-33,38-44H,34-37H2,1-14H3. The summed E-state index contributed by atoms with van der Waals surface area (Å²) in [4.78, 5) is 7.85. The Bertz CT molecular complexity index is 4010. The Balaban J connectivity index is 1.05. The summed E-state index contributed by atoms with van der Waals surface area (Å²) in [5.74, 6) is 0. The molecule has 1 aromatic heterocycles. The number of hydrogen-bond acceptors (Lipinski definition) is 4. The summed E-state index contributed by atoms with van der Waals surface area (Å²) in [7, 11) is 0. The lowest BCUT2D eigenvalue weighted by Crippen LogP contribution is -2.60. The molecule has 0 N–H and O–H groups in total. The van der Waals surface area contributed by atoms with Gasteiger partial charge in [0.05, 0.1) is 5.69 Å². The van der Waals surface area contributed by atoms with Gasteiger partial charge >= 0.3 is 0 Å². The molecule has 5 aliphatic rings. The minimum absolute atomic E-state index is 0.000999. The molecule has 5 heteroatoms. The van der Waals surface area contributed by atoms with E-state index in [0.29, 0.717) is 0 Å². The maximum atomic E-state index is 2.73. The molecule has 9 aromatic rings. The van der Waals surface area contributed by atoms with Crippen LogP contribution in [0.4, 0.5) is 51.2 Å². The monoisotopic (exact) mass is 1050 g/mol. The lowest BCUT2D eigenvalue weighted by Gasteiger charge is -2.45. The molecule has 8 aromatic carbocycles. The number of hydrogen-bond donors (Lipinski definition) is 0. The Kier molecular flexibility index (Phi) is 10.8. The normalized spacial score (nSPS) is 18.2. The highest BCUT2D eigenvalue weighted by atomic mass is 32.1. The van der Waals surface area contributed by atoms with E-state index in [2.05, 4.69) is 269 Å². The van der Waals surface area contributed by atoms with E-state index < -0.39 is 0 Å². The van der Waals surface area contributed by atoms with E-state index >= 15 is 0 Å². The van der Waals surface area contributed by atoms with Crippen LogP contribution in [0.5, 0.6) is 0 Å². The summed E-state index contributed by atoms with van der Waals surface area (Å²) in [6.45, 7) is 33.9. The zero-order chi connectivity index (χ0) is 55.1. The van der Waals surface area contributed by atoms with Crippen LogP contribution in [-0.4, -0.2) is 6.71 Å². The minimum atomic E-state index is -0.136. The highest BCUT2D eigenvalue weighted by Crippen LogP contribution is 2.56. The summed E-state index contributed by atoms with van der Waals surface area (Å²) in [6.07, 6.45) is 4.73. The number of nitrogens with zero attached hydrogens (tertiary/aromatic N) is 3. The van der Waals surface area contributed by atoms with Crippen molar-refractivity contribution in [2.75, 3.05) is 14.7 Å². The van der Waals surface area contributed by atoms with Gasteiger partial charge in [0, 0.05) is 65.8 Å². The number of thiophene rings is 1. The van der Waals surface area contributed by atoms with Gasteiger partial charge in [-0.25, -0.2) is 0 Å². The topological polar surface area (TPSA) is 9.72 Å². The summed E-state index contributed by atoms with van der Waals surface area (Å²) >= 11 is 2.05. The smallest absolute Gasteiger partial charge is 0.264 e. The second-order valence-electron chi connectivity index (χ2n) is 28.4. The Morgan fingerprint density at radius 1 is 0.468 bits per heavy atom. The molecule has 0 amide bonds. The first-order valence-corrected chi connectivity index (χ1v) is 30.1. The van der Waals surface area contributed by atoms with Crippen molar-refractivity contribution in [3.63, 3.8) is 0 Å². The van der Waals surface area contributed by atoms with E-state index in [9.17, 15) is 0 Å². The van der Waals surface area contributed by atoms with E-state index in [4.69, 9.17) is 0 Å².